The molecule has 1 fully saturated rings. The monoisotopic (exact) mass is 443 g/mol. The fraction of sp³-hybridized carbons (Fsp3) is 0.476. The number of nitrogens with one attached hydrogen (secondary N) is 1. The highest BCUT2D eigenvalue weighted by Crippen LogP contribution is 2.14. The number of ether oxygens (including phenoxy) is 1. The van der Waals surface area contributed by atoms with Crippen LogP contribution >= 0.6 is 0 Å². The molecule has 0 radical (unpaired) electrons. The Morgan fingerprint density at radius 2 is 1.91 bits per heavy atom. The summed E-state index contributed by atoms with van der Waals surface area (Å²) in [5.41, 5.74) is 1.07. The Morgan fingerprint density at radius 1 is 1.22 bits per heavy atom. The van der Waals surface area contributed by atoms with E-state index in [4.69, 9.17) is 0 Å². The molecule has 0 atom stereocenters. The molecule has 0 bridgehead atoms. The van der Waals surface area contributed by atoms with E-state index in [1.54, 1.807) is 25.3 Å². The SMILES string of the molecule is CC(C)(C)OC=O.Cc1c(C(=O)N2CCN(C)CC2)cnn1-c1nn2cccc2c(=O)[nH]1. The highest BCUT2D eigenvalue weighted by molar-refractivity contribution is 5.95. The molecule has 1 aliphatic heterocycles. The number of aromatic amines is 1. The molecule has 0 aromatic carbocycles. The zero-order chi connectivity index (χ0) is 23.5. The summed E-state index contributed by atoms with van der Waals surface area (Å²) in [5.74, 6) is 0.241. The molecule has 0 spiro atoms. The number of nitrogens with zero attached hydrogens (tertiary/aromatic N) is 6. The lowest BCUT2D eigenvalue weighted by molar-refractivity contribution is -0.138. The average Bonchev–Trinajstić information content (AvgIpc) is 3.34. The van der Waals surface area contributed by atoms with Gasteiger partial charge in [0.2, 0.25) is 5.95 Å². The summed E-state index contributed by atoms with van der Waals surface area (Å²) in [6.45, 7) is 10.8. The zero-order valence-corrected chi connectivity index (χ0v) is 19.0. The summed E-state index contributed by atoms with van der Waals surface area (Å²) >= 11 is 0. The molecule has 4 heterocycles. The van der Waals surface area contributed by atoms with Crippen LogP contribution in [0.2, 0.25) is 0 Å². The largest absolute Gasteiger partial charge is 0.462 e. The normalized spacial score (nSPS) is 14.7. The van der Waals surface area contributed by atoms with Crippen molar-refractivity contribution in [2.24, 2.45) is 0 Å². The van der Waals surface area contributed by atoms with Gasteiger partial charge in [0.1, 0.15) is 11.1 Å². The van der Waals surface area contributed by atoms with Gasteiger partial charge < -0.3 is 14.5 Å². The number of fused-ring (bicyclic) bond motifs is 1. The Morgan fingerprint density at radius 3 is 2.50 bits per heavy atom. The fourth-order valence-corrected chi connectivity index (χ4v) is 3.18. The summed E-state index contributed by atoms with van der Waals surface area (Å²) in [6.07, 6.45) is 3.24. The van der Waals surface area contributed by atoms with Crippen molar-refractivity contribution in [3.8, 4) is 5.95 Å². The topological polar surface area (TPSA) is 118 Å². The lowest BCUT2D eigenvalue weighted by atomic mass is 10.2. The van der Waals surface area contributed by atoms with E-state index in [1.165, 1.54) is 15.4 Å². The van der Waals surface area contributed by atoms with E-state index in [2.05, 4.69) is 24.8 Å². The number of likely N-dealkylation sites (N-methyl/N-ethyl adjacent to an activating group) is 1. The van der Waals surface area contributed by atoms with E-state index < -0.39 is 0 Å². The molecule has 32 heavy (non-hydrogen) atoms. The van der Waals surface area contributed by atoms with Crippen molar-refractivity contribution in [1.82, 2.24) is 34.2 Å². The van der Waals surface area contributed by atoms with Gasteiger partial charge >= 0.3 is 0 Å². The molecular weight excluding hydrogens is 414 g/mol. The number of hydrogen-bond acceptors (Lipinski definition) is 7. The maximum Gasteiger partial charge on any atom is 0.293 e. The Hall–Kier alpha value is -3.47. The second-order valence-corrected chi connectivity index (χ2v) is 8.59. The van der Waals surface area contributed by atoms with Crippen LogP contribution in [-0.2, 0) is 9.53 Å². The summed E-state index contributed by atoms with van der Waals surface area (Å²) in [6, 6.07) is 3.44. The molecule has 3 aromatic heterocycles. The maximum absolute atomic E-state index is 12.8. The standard InChI is InChI=1S/C16H19N7O2.C5H10O2/c1-11-12(15(25)21-8-6-20(2)7-9-21)10-17-23(11)16-18-14(24)13-4-3-5-22(13)19-16;1-5(2,3)7-4-6/h3-5,10H,6-9H2,1-2H3,(H,18,19,24);4H,1-3H3. The fourth-order valence-electron chi connectivity index (χ4n) is 3.18. The van der Waals surface area contributed by atoms with Crippen LogP contribution in [0.25, 0.3) is 11.5 Å². The van der Waals surface area contributed by atoms with Crippen molar-refractivity contribution in [3.63, 3.8) is 0 Å². The minimum absolute atomic E-state index is 0.0405. The van der Waals surface area contributed by atoms with Crippen LogP contribution in [-0.4, -0.2) is 85.4 Å². The van der Waals surface area contributed by atoms with Gasteiger partial charge in [-0.3, -0.25) is 19.4 Å². The minimum Gasteiger partial charge on any atom is -0.462 e. The average molecular weight is 444 g/mol. The van der Waals surface area contributed by atoms with E-state index in [0.717, 1.165) is 13.1 Å². The Balaban J connectivity index is 0.000000360. The predicted molar refractivity (Wildman–Crippen MR) is 118 cm³/mol. The number of H-pyrrole nitrogens is 1. The first-order chi connectivity index (χ1) is 15.1. The third-order valence-corrected chi connectivity index (χ3v) is 5.02. The smallest absolute Gasteiger partial charge is 0.293 e. The van der Waals surface area contributed by atoms with Gasteiger partial charge in [-0.1, -0.05) is 0 Å². The van der Waals surface area contributed by atoms with Gasteiger partial charge in [-0.05, 0) is 46.9 Å². The summed E-state index contributed by atoms with van der Waals surface area (Å²) in [5, 5.41) is 8.61. The zero-order valence-electron chi connectivity index (χ0n) is 19.0. The number of carbonyl (C=O) groups excluding carboxylic acids is 2. The first kappa shape index (κ1) is 23.2. The van der Waals surface area contributed by atoms with Gasteiger partial charge in [0.05, 0.1) is 17.5 Å². The molecule has 0 unspecified atom stereocenters. The molecule has 0 saturated carbocycles. The molecule has 1 aliphatic rings. The summed E-state index contributed by atoms with van der Waals surface area (Å²) in [4.78, 5) is 41.2. The van der Waals surface area contributed by atoms with E-state index in [0.29, 0.717) is 36.3 Å². The van der Waals surface area contributed by atoms with Gasteiger partial charge in [-0.2, -0.15) is 5.10 Å². The molecule has 11 nitrogen and oxygen atoms in total. The molecule has 1 saturated heterocycles. The van der Waals surface area contributed by atoms with E-state index in [-0.39, 0.29) is 23.0 Å². The molecule has 172 valence electrons. The number of aromatic nitrogens is 5. The third-order valence-electron chi connectivity index (χ3n) is 5.02. The Bertz CT molecular complexity index is 1150. The predicted octanol–water partition coefficient (Wildman–Crippen LogP) is 0.862. The highest BCUT2D eigenvalue weighted by atomic mass is 16.5. The van der Waals surface area contributed by atoms with Crippen molar-refractivity contribution in [1.29, 1.82) is 0 Å². The van der Waals surface area contributed by atoms with Crippen LogP contribution in [0, 0.1) is 6.92 Å². The number of rotatable bonds is 3. The van der Waals surface area contributed by atoms with Crippen LogP contribution in [0.1, 0.15) is 36.8 Å². The highest BCUT2D eigenvalue weighted by Gasteiger charge is 2.24. The second-order valence-electron chi connectivity index (χ2n) is 8.59. The van der Waals surface area contributed by atoms with Crippen LogP contribution in [0.5, 0.6) is 0 Å². The van der Waals surface area contributed by atoms with E-state index in [1.807, 2.05) is 32.7 Å². The molecule has 1 N–H and O–H groups in total. The van der Waals surface area contributed by atoms with Gasteiger partial charge in [0, 0.05) is 32.4 Å². The number of hydrogen-bond donors (Lipinski definition) is 1. The summed E-state index contributed by atoms with van der Waals surface area (Å²) in [7, 11) is 2.05. The van der Waals surface area contributed by atoms with Crippen LogP contribution in [0.3, 0.4) is 0 Å². The van der Waals surface area contributed by atoms with Crippen molar-refractivity contribution in [3.05, 3.63) is 46.1 Å². The maximum atomic E-state index is 12.8. The van der Waals surface area contributed by atoms with Gasteiger partial charge in [0.15, 0.2) is 0 Å². The van der Waals surface area contributed by atoms with Crippen LogP contribution in [0.15, 0.2) is 29.3 Å². The van der Waals surface area contributed by atoms with Crippen LogP contribution < -0.4 is 5.56 Å². The van der Waals surface area contributed by atoms with Crippen molar-refractivity contribution >= 4 is 17.9 Å². The molecular formula is C21H29N7O4. The first-order valence-corrected chi connectivity index (χ1v) is 10.3. The number of carbonyl (C=O) groups is 2. The van der Waals surface area contributed by atoms with Crippen molar-refractivity contribution < 1.29 is 14.3 Å². The van der Waals surface area contributed by atoms with E-state index in [9.17, 15) is 14.4 Å². The molecule has 0 aliphatic carbocycles. The van der Waals surface area contributed by atoms with Gasteiger partial charge in [0.25, 0.3) is 17.9 Å². The lowest BCUT2D eigenvalue weighted by Crippen LogP contribution is -2.47. The number of amides is 1. The Labute approximate surface area is 185 Å². The second kappa shape index (κ2) is 9.35. The number of piperazine rings is 1. The quantitative estimate of drug-likeness (QED) is 0.597. The Kier molecular flexibility index (Phi) is 6.78. The summed E-state index contributed by atoms with van der Waals surface area (Å²) < 4.78 is 7.54. The lowest BCUT2D eigenvalue weighted by Gasteiger charge is -2.32. The van der Waals surface area contributed by atoms with Crippen molar-refractivity contribution in [2.75, 3.05) is 33.2 Å². The van der Waals surface area contributed by atoms with Gasteiger partial charge in [-0.25, -0.2) is 9.20 Å². The van der Waals surface area contributed by atoms with E-state index >= 15 is 0 Å². The minimum atomic E-state index is -0.318. The first-order valence-electron chi connectivity index (χ1n) is 10.3. The van der Waals surface area contributed by atoms with Crippen molar-refractivity contribution in [2.45, 2.75) is 33.3 Å². The molecule has 3 aromatic rings. The van der Waals surface area contributed by atoms with Crippen LogP contribution in [0.4, 0.5) is 0 Å². The van der Waals surface area contributed by atoms with Gasteiger partial charge in [-0.15, -0.1) is 5.10 Å². The molecule has 11 heteroatoms. The molecule has 1 amide bonds. The molecule has 4 rings (SSSR count). The third kappa shape index (κ3) is 5.22.